The van der Waals surface area contributed by atoms with E-state index in [1.807, 2.05) is 6.92 Å². The van der Waals surface area contributed by atoms with Crippen LogP contribution in [0.25, 0.3) is 0 Å². The van der Waals surface area contributed by atoms with Crippen LogP contribution in [0.3, 0.4) is 0 Å². The number of benzene rings is 1. The second-order valence-corrected chi connectivity index (χ2v) is 5.08. The van der Waals surface area contributed by atoms with Gasteiger partial charge in [0.1, 0.15) is 0 Å². The molecular formula is C16H17F3N. The molecule has 107 valence electrons. The van der Waals surface area contributed by atoms with Crippen molar-refractivity contribution in [2.75, 3.05) is 11.9 Å². The fraction of sp³-hybridized carbons (Fsp3) is 0.312. The highest BCUT2D eigenvalue weighted by atomic mass is 19.4. The SMILES string of the molecule is CC1=CC(CNc2ccc(C(F)(F)F)cc2)=CC(C)[CH]1. The zero-order valence-corrected chi connectivity index (χ0v) is 11.5. The predicted molar refractivity (Wildman–Crippen MR) is 75.2 cm³/mol. The van der Waals surface area contributed by atoms with Crippen LogP contribution in [-0.2, 0) is 6.18 Å². The van der Waals surface area contributed by atoms with Gasteiger partial charge in [-0.05, 0) is 49.1 Å². The van der Waals surface area contributed by atoms with E-state index in [0.717, 1.165) is 17.7 Å². The Morgan fingerprint density at radius 1 is 1.15 bits per heavy atom. The molecule has 1 aliphatic rings. The van der Waals surface area contributed by atoms with Gasteiger partial charge in [-0.3, -0.25) is 0 Å². The average molecular weight is 280 g/mol. The fourth-order valence-corrected chi connectivity index (χ4v) is 2.28. The number of nitrogens with one attached hydrogen (secondary N) is 1. The standard InChI is InChI=1S/C16H17F3N/c1-11-7-12(2)9-13(8-11)10-20-15-5-3-14(4-6-15)16(17,18)19/h3-9,11,20H,10H2,1-2H3. The van der Waals surface area contributed by atoms with E-state index in [1.54, 1.807) is 0 Å². The summed E-state index contributed by atoms with van der Waals surface area (Å²) in [5, 5.41) is 3.14. The smallest absolute Gasteiger partial charge is 0.381 e. The highest BCUT2D eigenvalue weighted by Crippen LogP contribution is 2.30. The van der Waals surface area contributed by atoms with Crippen molar-refractivity contribution in [1.82, 2.24) is 0 Å². The van der Waals surface area contributed by atoms with Crippen LogP contribution in [0.15, 0.2) is 47.6 Å². The van der Waals surface area contributed by atoms with Crippen LogP contribution < -0.4 is 5.32 Å². The summed E-state index contributed by atoms with van der Waals surface area (Å²) in [5.74, 6) is 0.393. The van der Waals surface area contributed by atoms with E-state index < -0.39 is 11.7 Å². The summed E-state index contributed by atoms with van der Waals surface area (Å²) in [6, 6.07) is 5.10. The van der Waals surface area contributed by atoms with Crippen molar-refractivity contribution >= 4 is 5.69 Å². The third-order valence-electron chi connectivity index (χ3n) is 3.12. The van der Waals surface area contributed by atoms with Gasteiger partial charge < -0.3 is 5.32 Å². The van der Waals surface area contributed by atoms with Crippen molar-refractivity contribution in [1.29, 1.82) is 0 Å². The number of allylic oxidation sites excluding steroid dienone is 2. The molecule has 1 radical (unpaired) electrons. The molecule has 4 heteroatoms. The van der Waals surface area contributed by atoms with Gasteiger partial charge in [-0.25, -0.2) is 0 Å². The Morgan fingerprint density at radius 2 is 1.80 bits per heavy atom. The number of hydrogen-bond acceptors (Lipinski definition) is 1. The minimum atomic E-state index is -4.28. The maximum absolute atomic E-state index is 12.4. The molecule has 0 saturated heterocycles. The summed E-state index contributed by atoms with van der Waals surface area (Å²) in [4.78, 5) is 0. The number of hydrogen-bond donors (Lipinski definition) is 1. The summed E-state index contributed by atoms with van der Waals surface area (Å²) >= 11 is 0. The van der Waals surface area contributed by atoms with Gasteiger partial charge in [-0.2, -0.15) is 13.2 Å². The first-order chi connectivity index (χ1) is 9.34. The minimum Gasteiger partial charge on any atom is -0.381 e. The Kier molecular flexibility index (Phi) is 4.21. The van der Waals surface area contributed by atoms with Crippen molar-refractivity contribution < 1.29 is 13.2 Å². The van der Waals surface area contributed by atoms with Crippen molar-refractivity contribution in [3.05, 3.63) is 59.5 Å². The lowest BCUT2D eigenvalue weighted by Gasteiger charge is -2.17. The van der Waals surface area contributed by atoms with E-state index in [2.05, 4.69) is 30.8 Å². The summed E-state index contributed by atoms with van der Waals surface area (Å²) in [7, 11) is 0. The zero-order chi connectivity index (χ0) is 14.8. The van der Waals surface area contributed by atoms with E-state index in [4.69, 9.17) is 0 Å². The Labute approximate surface area is 117 Å². The molecule has 0 aromatic heterocycles. The Morgan fingerprint density at radius 3 is 2.35 bits per heavy atom. The summed E-state index contributed by atoms with van der Waals surface area (Å²) < 4.78 is 37.3. The number of halogens is 3. The van der Waals surface area contributed by atoms with Crippen LogP contribution in [0.5, 0.6) is 0 Å². The molecule has 0 heterocycles. The van der Waals surface area contributed by atoms with Crippen LogP contribution in [0, 0.1) is 12.3 Å². The van der Waals surface area contributed by atoms with Crippen LogP contribution in [0.2, 0.25) is 0 Å². The van der Waals surface area contributed by atoms with Crippen molar-refractivity contribution in [2.24, 2.45) is 5.92 Å². The Bertz CT molecular complexity index is 524. The lowest BCUT2D eigenvalue weighted by atomic mass is 9.92. The third-order valence-corrected chi connectivity index (χ3v) is 3.12. The molecule has 2 rings (SSSR count). The molecule has 1 aromatic carbocycles. The largest absolute Gasteiger partial charge is 0.416 e. The highest BCUT2D eigenvalue weighted by Gasteiger charge is 2.29. The number of anilines is 1. The lowest BCUT2D eigenvalue weighted by Crippen LogP contribution is -2.09. The predicted octanol–water partition coefficient (Wildman–Crippen LogP) is 4.84. The minimum absolute atomic E-state index is 0.393. The third kappa shape index (κ3) is 3.89. The van der Waals surface area contributed by atoms with Gasteiger partial charge in [-0.1, -0.05) is 24.6 Å². The Hall–Kier alpha value is -1.71. The first-order valence-electron chi connectivity index (χ1n) is 6.49. The molecule has 0 amide bonds. The molecule has 1 N–H and O–H groups in total. The van der Waals surface area contributed by atoms with E-state index in [0.29, 0.717) is 18.2 Å². The molecule has 0 bridgehead atoms. The second kappa shape index (κ2) is 5.73. The van der Waals surface area contributed by atoms with E-state index >= 15 is 0 Å². The molecule has 1 atom stereocenters. The number of rotatable bonds is 3. The zero-order valence-electron chi connectivity index (χ0n) is 11.5. The summed E-state index contributed by atoms with van der Waals surface area (Å²) in [6.07, 6.45) is 2.11. The van der Waals surface area contributed by atoms with E-state index in [9.17, 15) is 13.2 Å². The maximum atomic E-state index is 12.4. The first kappa shape index (κ1) is 14.7. The molecule has 1 unspecified atom stereocenters. The van der Waals surface area contributed by atoms with Gasteiger partial charge in [0.2, 0.25) is 0 Å². The van der Waals surface area contributed by atoms with E-state index in [1.165, 1.54) is 17.7 Å². The molecule has 1 nitrogen and oxygen atoms in total. The monoisotopic (exact) mass is 280 g/mol. The molecule has 1 aromatic rings. The van der Waals surface area contributed by atoms with Crippen LogP contribution in [0.1, 0.15) is 19.4 Å². The highest BCUT2D eigenvalue weighted by molar-refractivity contribution is 5.48. The van der Waals surface area contributed by atoms with Gasteiger partial charge in [-0.15, -0.1) is 0 Å². The van der Waals surface area contributed by atoms with Crippen LogP contribution in [-0.4, -0.2) is 6.54 Å². The molecular weight excluding hydrogens is 263 g/mol. The molecule has 1 aliphatic carbocycles. The average Bonchev–Trinajstić information content (AvgIpc) is 2.35. The van der Waals surface area contributed by atoms with Gasteiger partial charge in [0.25, 0.3) is 0 Å². The Balaban J connectivity index is 1.98. The van der Waals surface area contributed by atoms with Crippen LogP contribution in [0.4, 0.5) is 18.9 Å². The summed E-state index contributed by atoms with van der Waals surface area (Å²) in [6.45, 7) is 4.76. The van der Waals surface area contributed by atoms with Gasteiger partial charge >= 0.3 is 6.18 Å². The second-order valence-electron chi connectivity index (χ2n) is 5.08. The lowest BCUT2D eigenvalue weighted by molar-refractivity contribution is -0.137. The first-order valence-corrected chi connectivity index (χ1v) is 6.49. The topological polar surface area (TPSA) is 12.0 Å². The molecule has 0 saturated carbocycles. The molecule has 0 aliphatic heterocycles. The summed E-state index contributed by atoms with van der Waals surface area (Å²) in [5.41, 5.74) is 2.42. The molecule has 0 fully saturated rings. The number of alkyl halides is 3. The van der Waals surface area contributed by atoms with Gasteiger partial charge in [0.05, 0.1) is 5.56 Å². The normalized spacial score (nSPS) is 19.4. The fourth-order valence-electron chi connectivity index (χ4n) is 2.28. The van der Waals surface area contributed by atoms with Crippen LogP contribution >= 0.6 is 0 Å². The van der Waals surface area contributed by atoms with Crippen molar-refractivity contribution in [3.63, 3.8) is 0 Å². The molecule has 0 spiro atoms. The quantitative estimate of drug-likeness (QED) is 0.835. The van der Waals surface area contributed by atoms with Crippen molar-refractivity contribution in [2.45, 2.75) is 20.0 Å². The molecule has 20 heavy (non-hydrogen) atoms. The van der Waals surface area contributed by atoms with E-state index in [-0.39, 0.29) is 0 Å². The van der Waals surface area contributed by atoms with Crippen molar-refractivity contribution in [3.8, 4) is 0 Å². The maximum Gasteiger partial charge on any atom is 0.416 e. The van der Waals surface area contributed by atoms with Gasteiger partial charge in [0, 0.05) is 12.2 Å². The van der Waals surface area contributed by atoms with Gasteiger partial charge in [0.15, 0.2) is 0 Å².